The summed E-state index contributed by atoms with van der Waals surface area (Å²) in [5, 5.41) is 30.6. The number of non-ortho nitro benzene ring substituents is 1. The molecule has 0 spiro atoms. The van der Waals surface area contributed by atoms with E-state index in [0.717, 1.165) is 38.2 Å². The molecule has 0 bridgehead atoms. The lowest BCUT2D eigenvalue weighted by atomic mass is 10.2. The van der Waals surface area contributed by atoms with Gasteiger partial charge in [-0.25, -0.2) is 9.59 Å². The monoisotopic (exact) mass is 567 g/mol. The van der Waals surface area contributed by atoms with Crippen LogP contribution in [0.15, 0.2) is 53.5 Å². The molecule has 0 radical (unpaired) electrons. The second kappa shape index (κ2) is 13.6. The predicted octanol–water partition coefficient (Wildman–Crippen LogP) is 3.70. The number of ether oxygens (including phenoxy) is 1. The van der Waals surface area contributed by atoms with Crippen LogP contribution in [0.3, 0.4) is 0 Å². The maximum atomic E-state index is 11.3. The molecule has 2 heterocycles. The molecule has 2 aliphatic rings. The Hall–Kier alpha value is -4.40. The third-order valence-corrected chi connectivity index (χ3v) is 6.08. The third kappa shape index (κ3) is 8.83. The molecule has 2 saturated heterocycles. The van der Waals surface area contributed by atoms with Crippen molar-refractivity contribution in [3.63, 3.8) is 0 Å². The molecular formula is C25H28F3N5O7. The predicted molar refractivity (Wildman–Crippen MR) is 139 cm³/mol. The number of nitro benzene ring substituents is 1. The molecule has 2 aromatic rings. The van der Waals surface area contributed by atoms with Gasteiger partial charge in [0.05, 0.1) is 23.1 Å². The smallest absolute Gasteiger partial charge is 0.478 e. The van der Waals surface area contributed by atoms with Crippen LogP contribution >= 0.6 is 0 Å². The van der Waals surface area contributed by atoms with Crippen LogP contribution in [0.4, 0.5) is 30.2 Å². The first-order valence-electron chi connectivity index (χ1n) is 12.2. The van der Waals surface area contributed by atoms with Crippen molar-refractivity contribution in [2.24, 2.45) is 4.99 Å². The first-order chi connectivity index (χ1) is 18.9. The van der Waals surface area contributed by atoms with Crippen LogP contribution in [-0.4, -0.2) is 89.5 Å². The van der Waals surface area contributed by atoms with E-state index in [1.165, 1.54) is 12.1 Å². The van der Waals surface area contributed by atoms with Crippen LogP contribution in [0.2, 0.25) is 0 Å². The van der Waals surface area contributed by atoms with Crippen LogP contribution in [-0.2, 0) is 9.53 Å². The van der Waals surface area contributed by atoms with E-state index in [4.69, 9.17) is 19.6 Å². The number of carboxylic acid groups (broad SMARTS) is 2. The van der Waals surface area contributed by atoms with Gasteiger partial charge in [0.2, 0.25) is 0 Å². The van der Waals surface area contributed by atoms with Crippen LogP contribution in [0.1, 0.15) is 23.2 Å². The summed E-state index contributed by atoms with van der Waals surface area (Å²) >= 11 is 0. The number of aromatic carboxylic acids is 1. The fourth-order valence-electron chi connectivity index (χ4n) is 4.02. The molecule has 0 aromatic heterocycles. The Morgan fingerprint density at radius 3 is 2.27 bits per heavy atom. The zero-order valence-electron chi connectivity index (χ0n) is 21.2. The molecule has 1 unspecified atom stereocenters. The van der Waals surface area contributed by atoms with Crippen molar-refractivity contribution in [3.8, 4) is 0 Å². The molecule has 0 aliphatic carbocycles. The van der Waals surface area contributed by atoms with Crippen LogP contribution in [0.5, 0.6) is 0 Å². The zero-order chi connectivity index (χ0) is 29.3. The van der Waals surface area contributed by atoms with Crippen LogP contribution in [0, 0.1) is 10.1 Å². The van der Waals surface area contributed by atoms with Gasteiger partial charge in [0.15, 0.2) is 5.96 Å². The average molecular weight is 568 g/mol. The average Bonchev–Trinajstić information content (AvgIpc) is 3.45. The van der Waals surface area contributed by atoms with E-state index in [1.807, 2.05) is 6.07 Å². The van der Waals surface area contributed by atoms with E-state index < -0.39 is 23.0 Å². The number of hydrogen-bond acceptors (Lipinski definition) is 7. The minimum absolute atomic E-state index is 0.0775. The van der Waals surface area contributed by atoms with Crippen molar-refractivity contribution in [2.75, 3.05) is 49.5 Å². The van der Waals surface area contributed by atoms with Crippen molar-refractivity contribution in [1.82, 2.24) is 4.90 Å². The maximum Gasteiger partial charge on any atom is 0.490 e. The zero-order valence-corrected chi connectivity index (χ0v) is 21.2. The third-order valence-electron chi connectivity index (χ3n) is 6.08. The first kappa shape index (κ1) is 30.1. The Kier molecular flexibility index (Phi) is 10.2. The molecule has 12 nitrogen and oxygen atoms in total. The number of nitro groups is 1. The number of aliphatic carboxylic acids is 1. The SMILES string of the molecule is O=C(O)C(F)(F)F.O=C(O)c1cccc(NC(=NCC2CCCO2)N2CCN(c3ccc([N+](=O)[O-])cc3)CC2)c1. The second-order valence-corrected chi connectivity index (χ2v) is 8.86. The molecule has 2 aliphatic heterocycles. The lowest BCUT2D eigenvalue weighted by Gasteiger charge is -2.37. The van der Waals surface area contributed by atoms with Gasteiger partial charge in [-0.1, -0.05) is 6.07 Å². The van der Waals surface area contributed by atoms with Gasteiger partial charge < -0.3 is 30.1 Å². The molecule has 40 heavy (non-hydrogen) atoms. The Morgan fingerprint density at radius 2 is 1.75 bits per heavy atom. The largest absolute Gasteiger partial charge is 0.490 e. The molecule has 2 aromatic carbocycles. The number of carbonyl (C=O) groups is 2. The number of carboxylic acids is 2. The van der Waals surface area contributed by atoms with Crippen molar-refractivity contribution >= 4 is 35.0 Å². The number of benzene rings is 2. The number of guanidine groups is 1. The summed E-state index contributed by atoms with van der Waals surface area (Å²) in [5.41, 5.74) is 1.90. The van der Waals surface area contributed by atoms with E-state index in [9.17, 15) is 33.2 Å². The van der Waals surface area contributed by atoms with Gasteiger partial charge in [0, 0.05) is 56.3 Å². The minimum atomic E-state index is -5.08. The number of rotatable bonds is 6. The molecule has 0 saturated carbocycles. The van der Waals surface area contributed by atoms with Gasteiger partial charge in [-0.15, -0.1) is 0 Å². The van der Waals surface area contributed by atoms with Gasteiger partial charge in [0.25, 0.3) is 5.69 Å². The number of hydrogen-bond donors (Lipinski definition) is 3. The first-order valence-corrected chi connectivity index (χ1v) is 12.2. The number of nitrogens with one attached hydrogen (secondary N) is 1. The number of aliphatic imine (C=N–C) groups is 1. The van der Waals surface area contributed by atoms with Gasteiger partial charge in [-0.2, -0.15) is 13.2 Å². The van der Waals surface area contributed by atoms with Crippen molar-refractivity contribution < 1.29 is 42.6 Å². The Balaban J connectivity index is 0.000000559. The fraction of sp³-hybridized carbons (Fsp3) is 0.400. The van der Waals surface area contributed by atoms with E-state index in [-0.39, 0.29) is 17.4 Å². The number of anilines is 2. The minimum Gasteiger partial charge on any atom is -0.478 e. The molecule has 15 heteroatoms. The molecule has 216 valence electrons. The number of alkyl halides is 3. The topological polar surface area (TPSA) is 158 Å². The highest BCUT2D eigenvalue weighted by atomic mass is 19.4. The van der Waals surface area contributed by atoms with Crippen LogP contribution in [0.25, 0.3) is 0 Å². The quantitative estimate of drug-likeness (QED) is 0.203. The molecule has 0 amide bonds. The lowest BCUT2D eigenvalue weighted by molar-refractivity contribution is -0.384. The standard InChI is InChI=1S/C23H27N5O5.C2HF3O2/c29-22(30)17-3-1-4-18(15-17)25-23(24-16-21-5-2-14-33-21)27-12-10-26(11-13-27)19-6-8-20(9-7-19)28(31)32;3-2(4,5)1(6)7/h1,3-4,6-9,15,21H,2,5,10-14,16H2,(H,24,25)(H,29,30);(H,6,7). The normalized spacial score (nSPS) is 17.6. The highest BCUT2D eigenvalue weighted by Gasteiger charge is 2.38. The summed E-state index contributed by atoms with van der Waals surface area (Å²) in [6, 6.07) is 13.3. The summed E-state index contributed by atoms with van der Waals surface area (Å²) in [5.74, 6) is -3.04. The van der Waals surface area contributed by atoms with Gasteiger partial charge in [0.1, 0.15) is 0 Å². The molecule has 2 fully saturated rings. The molecular weight excluding hydrogens is 539 g/mol. The molecule has 3 N–H and O–H groups in total. The van der Waals surface area contributed by atoms with Crippen molar-refractivity contribution in [1.29, 1.82) is 0 Å². The van der Waals surface area contributed by atoms with Gasteiger partial charge >= 0.3 is 18.1 Å². The summed E-state index contributed by atoms with van der Waals surface area (Å²) in [6.45, 7) is 4.17. The Morgan fingerprint density at radius 1 is 1.10 bits per heavy atom. The summed E-state index contributed by atoms with van der Waals surface area (Å²) < 4.78 is 37.4. The Bertz CT molecular complexity index is 1210. The van der Waals surface area contributed by atoms with Gasteiger partial charge in [-0.3, -0.25) is 15.1 Å². The van der Waals surface area contributed by atoms with E-state index >= 15 is 0 Å². The molecule has 4 rings (SSSR count). The van der Waals surface area contributed by atoms with Crippen molar-refractivity contribution in [2.45, 2.75) is 25.1 Å². The second-order valence-electron chi connectivity index (χ2n) is 8.86. The van der Waals surface area contributed by atoms with Crippen LogP contribution < -0.4 is 10.2 Å². The van der Waals surface area contributed by atoms with E-state index in [2.05, 4.69) is 15.1 Å². The highest BCUT2D eigenvalue weighted by Crippen LogP contribution is 2.21. The number of halogens is 3. The summed E-state index contributed by atoms with van der Waals surface area (Å²) in [7, 11) is 0. The number of piperazine rings is 1. The summed E-state index contributed by atoms with van der Waals surface area (Å²) in [4.78, 5) is 39.9. The van der Waals surface area contributed by atoms with E-state index in [1.54, 1.807) is 30.3 Å². The molecule has 1 atom stereocenters. The maximum absolute atomic E-state index is 11.3. The van der Waals surface area contributed by atoms with Gasteiger partial charge in [-0.05, 0) is 43.2 Å². The fourth-order valence-corrected chi connectivity index (χ4v) is 4.02. The summed E-state index contributed by atoms with van der Waals surface area (Å²) in [6.07, 6.45) is -2.95. The number of nitrogens with zero attached hydrogens (tertiary/aromatic N) is 4. The lowest BCUT2D eigenvalue weighted by Crippen LogP contribution is -2.51. The van der Waals surface area contributed by atoms with E-state index in [0.29, 0.717) is 31.3 Å². The Labute approximate surface area is 226 Å². The highest BCUT2D eigenvalue weighted by molar-refractivity contribution is 5.96. The van der Waals surface area contributed by atoms with Crippen molar-refractivity contribution in [3.05, 3.63) is 64.2 Å².